The average Bonchev–Trinajstić information content (AvgIpc) is 3.04. The van der Waals surface area contributed by atoms with Crippen LogP contribution < -0.4 is 14.8 Å². The van der Waals surface area contributed by atoms with E-state index in [1.807, 2.05) is 48.7 Å². The minimum Gasteiger partial charge on any atom is -0.497 e. The molecule has 0 aliphatic rings. The van der Waals surface area contributed by atoms with E-state index in [1.54, 1.807) is 14.2 Å². The predicted molar refractivity (Wildman–Crippen MR) is 98.3 cm³/mol. The first-order valence-corrected chi connectivity index (χ1v) is 8.25. The molecule has 1 heterocycles. The Balaban J connectivity index is 1.84. The van der Waals surface area contributed by atoms with E-state index in [4.69, 9.17) is 9.47 Å². The second-order valence-electron chi connectivity index (χ2n) is 5.71. The number of carbonyl (C=O) groups excluding carboxylic acids is 1. The van der Waals surface area contributed by atoms with Crippen LogP contribution in [0.1, 0.15) is 22.8 Å². The summed E-state index contributed by atoms with van der Waals surface area (Å²) in [6, 6.07) is 13.5. The number of amides is 1. The number of para-hydroxylation sites is 1. The van der Waals surface area contributed by atoms with Gasteiger partial charge < -0.3 is 19.4 Å². The van der Waals surface area contributed by atoms with Crippen LogP contribution in [0.2, 0.25) is 0 Å². The Kier molecular flexibility index (Phi) is 4.93. The Hall–Kier alpha value is -2.95. The van der Waals surface area contributed by atoms with Gasteiger partial charge in [0.1, 0.15) is 11.5 Å². The van der Waals surface area contributed by atoms with Crippen molar-refractivity contribution < 1.29 is 14.3 Å². The molecule has 0 saturated carbocycles. The summed E-state index contributed by atoms with van der Waals surface area (Å²) in [6.07, 6.45) is 1.91. The third kappa shape index (κ3) is 3.31. The summed E-state index contributed by atoms with van der Waals surface area (Å²) in [5.74, 6) is 1.35. The Morgan fingerprint density at radius 1 is 1.12 bits per heavy atom. The zero-order valence-corrected chi connectivity index (χ0v) is 14.7. The normalized spacial score (nSPS) is 10.7. The number of benzene rings is 2. The van der Waals surface area contributed by atoms with Crippen molar-refractivity contribution >= 4 is 16.8 Å². The lowest BCUT2D eigenvalue weighted by atomic mass is 10.1. The molecule has 0 unspecified atom stereocenters. The number of fused-ring (bicyclic) bond motifs is 1. The van der Waals surface area contributed by atoms with Crippen LogP contribution in [0.4, 0.5) is 0 Å². The topological polar surface area (TPSA) is 52.5 Å². The molecule has 0 saturated heterocycles. The molecule has 1 amide bonds. The number of aromatic nitrogens is 1. The molecule has 0 radical (unpaired) electrons. The van der Waals surface area contributed by atoms with E-state index in [1.165, 1.54) is 0 Å². The van der Waals surface area contributed by atoms with E-state index in [9.17, 15) is 4.79 Å². The zero-order valence-electron chi connectivity index (χ0n) is 14.7. The Bertz CT molecular complexity index is 899. The van der Waals surface area contributed by atoms with Gasteiger partial charge in [-0.1, -0.05) is 18.2 Å². The highest BCUT2D eigenvalue weighted by Gasteiger charge is 2.15. The fourth-order valence-corrected chi connectivity index (χ4v) is 2.98. The minimum absolute atomic E-state index is 0.103. The summed E-state index contributed by atoms with van der Waals surface area (Å²) in [5.41, 5.74) is 2.61. The fourth-order valence-electron chi connectivity index (χ4n) is 2.98. The molecular formula is C20H22N2O3. The first kappa shape index (κ1) is 16.9. The highest BCUT2D eigenvalue weighted by Crippen LogP contribution is 2.25. The highest BCUT2D eigenvalue weighted by atomic mass is 16.5. The summed E-state index contributed by atoms with van der Waals surface area (Å²) in [4.78, 5) is 12.7. The molecule has 0 aliphatic heterocycles. The number of nitrogens with one attached hydrogen (secondary N) is 1. The minimum atomic E-state index is -0.103. The smallest absolute Gasteiger partial charge is 0.253 e. The van der Waals surface area contributed by atoms with E-state index < -0.39 is 0 Å². The molecular weight excluding hydrogens is 316 g/mol. The van der Waals surface area contributed by atoms with Crippen molar-refractivity contribution in [3.8, 4) is 11.5 Å². The van der Waals surface area contributed by atoms with Crippen molar-refractivity contribution in [2.24, 2.45) is 0 Å². The SMILES string of the molecule is CCn1cc(C(=O)NCc2cc(OC)ccc2OC)c2ccccc21. The Labute approximate surface area is 147 Å². The number of methoxy groups -OCH3 is 2. The van der Waals surface area contributed by atoms with Crippen molar-refractivity contribution in [2.45, 2.75) is 20.0 Å². The molecule has 5 heteroatoms. The lowest BCUT2D eigenvalue weighted by Crippen LogP contribution is -2.23. The summed E-state index contributed by atoms with van der Waals surface area (Å²) in [7, 11) is 3.23. The molecule has 1 aromatic heterocycles. The molecule has 25 heavy (non-hydrogen) atoms. The number of rotatable bonds is 6. The van der Waals surface area contributed by atoms with Crippen molar-refractivity contribution in [1.29, 1.82) is 0 Å². The molecule has 5 nitrogen and oxygen atoms in total. The summed E-state index contributed by atoms with van der Waals surface area (Å²) < 4.78 is 12.7. The molecule has 2 aromatic carbocycles. The fraction of sp³-hybridized carbons (Fsp3) is 0.250. The van der Waals surface area contributed by atoms with Crippen molar-refractivity contribution in [2.75, 3.05) is 14.2 Å². The number of hydrogen-bond donors (Lipinski definition) is 1. The zero-order chi connectivity index (χ0) is 17.8. The van der Waals surface area contributed by atoms with Crippen LogP contribution in [0, 0.1) is 0 Å². The number of nitrogens with zero attached hydrogens (tertiary/aromatic N) is 1. The van der Waals surface area contributed by atoms with Crippen LogP contribution in [0.3, 0.4) is 0 Å². The third-order valence-electron chi connectivity index (χ3n) is 4.30. The van der Waals surface area contributed by atoms with Gasteiger partial charge in [0.25, 0.3) is 5.91 Å². The number of ether oxygens (including phenoxy) is 2. The molecule has 0 aliphatic carbocycles. The average molecular weight is 338 g/mol. The molecule has 1 N–H and O–H groups in total. The summed E-state index contributed by atoms with van der Waals surface area (Å²) in [6.45, 7) is 3.25. The Morgan fingerprint density at radius 2 is 1.92 bits per heavy atom. The van der Waals surface area contributed by atoms with Crippen molar-refractivity contribution in [3.05, 3.63) is 59.8 Å². The van der Waals surface area contributed by atoms with Crippen molar-refractivity contribution in [3.63, 3.8) is 0 Å². The molecule has 0 fully saturated rings. The van der Waals surface area contributed by atoms with Gasteiger partial charge in [-0.15, -0.1) is 0 Å². The van der Waals surface area contributed by atoms with Gasteiger partial charge in [0.15, 0.2) is 0 Å². The van der Waals surface area contributed by atoms with E-state index in [0.717, 1.165) is 34.5 Å². The van der Waals surface area contributed by atoms with Crippen LogP contribution in [-0.2, 0) is 13.1 Å². The van der Waals surface area contributed by atoms with E-state index >= 15 is 0 Å². The van der Waals surface area contributed by atoms with E-state index in [2.05, 4.69) is 16.8 Å². The van der Waals surface area contributed by atoms with Gasteiger partial charge in [-0.25, -0.2) is 0 Å². The van der Waals surface area contributed by atoms with Gasteiger partial charge in [-0.3, -0.25) is 4.79 Å². The first-order chi connectivity index (χ1) is 12.2. The van der Waals surface area contributed by atoms with Crippen LogP contribution in [0.5, 0.6) is 11.5 Å². The van der Waals surface area contributed by atoms with E-state index in [-0.39, 0.29) is 5.91 Å². The number of aryl methyl sites for hydroxylation is 1. The number of carbonyl (C=O) groups is 1. The van der Waals surface area contributed by atoms with E-state index in [0.29, 0.717) is 12.1 Å². The predicted octanol–water partition coefficient (Wildman–Crippen LogP) is 3.61. The summed E-state index contributed by atoms with van der Waals surface area (Å²) >= 11 is 0. The second-order valence-corrected chi connectivity index (χ2v) is 5.71. The molecule has 3 rings (SSSR count). The lowest BCUT2D eigenvalue weighted by molar-refractivity contribution is 0.0952. The standard InChI is InChI=1S/C20H22N2O3/c1-4-22-13-17(16-7-5-6-8-18(16)22)20(23)21-12-14-11-15(24-2)9-10-19(14)25-3/h5-11,13H,4,12H2,1-3H3,(H,21,23). The summed E-state index contributed by atoms with van der Waals surface area (Å²) in [5, 5.41) is 3.94. The van der Waals surface area contributed by atoms with Crippen molar-refractivity contribution in [1.82, 2.24) is 9.88 Å². The molecule has 0 spiro atoms. The van der Waals surface area contributed by atoms with Crippen LogP contribution >= 0.6 is 0 Å². The molecule has 0 atom stereocenters. The number of hydrogen-bond acceptors (Lipinski definition) is 3. The highest BCUT2D eigenvalue weighted by molar-refractivity contribution is 6.07. The molecule has 130 valence electrons. The largest absolute Gasteiger partial charge is 0.497 e. The molecule has 3 aromatic rings. The van der Waals surface area contributed by atoms with Crippen LogP contribution in [-0.4, -0.2) is 24.7 Å². The Morgan fingerprint density at radius 3 is 2.64 bits per heavy atom. The lowest BCUT2D eigenvalue weighted by Gasteiger charge is -2.11. The maximum Gasteiger partial charge on any atom is 0.253 e. The van der Waals surface area contributed by atoms with Gasteiger partial charge in [0.2, 0.25) is 0 Å². The van der Waals surface area contributed by atoms with Gasteiger partial charge in [0.05, 0.1) is 19.8 Å². The van der Waals surface area contributed by atoms with Gasteiger partial charge in [0, 0.05) is 35.8 Å². The quantitative estimate of drug-likeness (QED) is 0.747. The monoisotopic (exact) mass is 338 g/mol. The molecule has 0 bridgehead atoms. The van der Waals surface area contributed by atoms with Gasteiger partial charge in [-0.2, -0.15) is 0 Å². The maximum atomic E-state index is 12.7. The first-order valence-electron chi connectivity index (χ1n) is 8.25. The van der Waals surface area contributed by atoms with Crippen LogP contribution in [0.25, 0.3) is 10.9 Å². The van der Waals surface area contributed by atoms with Crippen LogP contribution in [0.15, 0.2) is 48.7 Å². The van der Waals surface area contributed by atoms with Gasteiger partial charge >= 0.3 is 0 Å². The third-order valence-corrected chi connectivity index (χ3v) is 4.30. The van der Waals surface area contributed by atoms with Gasteiger partial charge in [-0.05, 0) is 31.2 Å². The second kappa shape index (κ2) is 7.30. The maximum absolute atomic E-state index is 12.7.